The van der Waals surface area contributed by atoms with Crippen molar-refractivity contribution in [2.45, 2.75) is 44.1 Å². The number of primary amides is 1. The first-order valence-corrected chi connectivity index (χ1v) is 4.78. The molecule has 13 heavy (non-hydrogen) atoms. The highest BCUT2D eigenvalue weighted by Crippen LogP contribution is 2.34. The lowest BCUT2D eigenvalue weighted by Crippen LogP contribution is -2.38. The summed E-state index contributed by atoms with van der Waals surface area (Å²) in [5.41, 5.74) is 4.70. The summed E-state index contributed by atoms with van der Waals surface area (Å²) in [6, 6.07) is 0. The smallest absolute Gasteiger partial charge is 0.405 e. The molecule has 1 aliphatic carbocycles. The second-order valence-corrected chi connectivity index (χ2v) is 3.66. The van der Waals surface area contributed by atoms with Crippen molar-refractivity contribution in [2.24, 2.45) is 5.73 Å². The summed E-state index contributed by atoms with van der Waals surface area (Å²) < 4.78 is 5.19. The molecule has 0 radical (unpaired) electrons. The fourth-order valence-corrected chi connectivity index (χ4v) is 2.02. The first-order valence-electron chi connectivity index (χ1n) is 4.78. The molecule has 0 unspecified atom stereocenters. The number of hydrogen-bond donors (Lipinski definition) is 1. The van der Waals surface area contributed by atoms with Crippen LogP contribution in [0.25, 0.3) is 0 Å². The second kappa shape index (κ2) is 4.30. The van der Waals surface area contributed by atoms with Crippen molar-refractivity contribution < 1.29 is 9.53 Å². The fourth-order valence-electron chi connectivity index (χ4n) is 2.02. The Balaban J connectivity index is 2.60. The van der Waals surface area contributed by atoms with E-state index < -0.39 is 6.09 Å². The van der Waals surface area contributed by atoms with E-state index in [4.69, 9.17) is 10.5 Å². The van der Waals surface area contributed by atoms with Crippen LogP contribution in [0.1, 0.15) is 38.5 Å². The predicted octanol–water partition coefficient (Wildman–Crippen LogP) is 2.36. The molecule has 0 aromatic heterocycles. The van der Waals surface area contributed by atoms with E-state index in [1.165, 1.54) is 6.42 Å². The number of carbonyl (C=O) groups excluding carboxylic acids is 1. The summed E-state index contributed by atoms with van der Waals surface area (Å²) in [7, 11) is 0. The van der Waals surface area contributed by atoms with Gasteiger partial charge in [0.2, 0.25) is 0 Å². The highest BCUT2D eigenvalue weighted by atomic mass is 16.6. The number of nitrogens with two attached hydrogens (primary N) is 1. The Bertz CT molecular complexity index is 195. The molecule has 0 heterocycles. The third kappa shape index (κ3) is 2.76. The van der Waals surface area contributed by atoms with Crippen LogP contribution in [-0.4, -0.2) is 11.7 Å². The molecule has 0 bridgehead atoms. The lowest BCUT2D eigenvalue weighted by atomic mass is 9.82. The van der Waals surface area contributed by atoms with E-state index in [1.54, 1.807) is 6.08 Å². The monoisotopic (exact) mass is 183 g/mol. The Morgan fingerprint density at radius 1 is 1.46 bits per heavy atom. The zero-order valence-corrected chi connectivity index (χ0v) is 7.92. The minimum atomic E-state index is -0.663. The van der Waals surface area contributed by atoms with Gasteiger partial charge >= 0.3 is 6.09 Å². The van der Waals surface area contributed by atoms with E-state index in [9.17, 15) is 4.79 Å². The molecule has 0 aliphatic heterocycles. The Labute approximate surface area is 78.9 Å². The SMILES string of the molecule is C=CCC1(OC(N)=O)CCCCC1. The molecule has 1 fully saturated rings. The second-order valence-electron chi connectivity index (χ2n) is 3.66. The van der Waals surface area contributed by atoms with E-state index in [0.717, 1.165) is 32.1 Å². The molecular formula is C10H17NO2. The van der Waals surface area contributed by atoms with E-state index in [1.807, 2.05) is 0 Å². The third-order valence-corrected chi connectivity index (χ3v) is 2.60. The van der Waals surface area contributed by atoms with Crippen LogP contribution in [0.4, 0.5) is 4.79 Å². The molecule has 2 N–H and O–H groups in total. The normalized spacial score (nSPS) is 20.6. The molecule has 0 spiro atoms. The van der Waals surface area contributed by atoms with Crippen molar-refractivity contribution in [1.29, 1.82) is 0 Å². The van der Waals surface area contributed by atoms with Gasteiger partial charge in [-0.15, -0.1) is 6.58 Å². The van der Waals surface area contributed by atoms with Crippen molar-refractivity contribution in [3.05, 3.63) is 12.7 Å². The van der Waals surface area contributed by atoms with Crippen LogP contribution < -0.4 is 5.73 Å². The topological polar surface area (TPSA) is 52.3 Å². The summed E-state index contributed by atoms with van der Waals surface area (Å²) in [5.74, 6) is 0. The van der Waals surface area contributed by atoms with Crippen LogP contribution in [0.2, 0.25) is 0 Å². The minimum Gasteiger partial charge on any atom is -0.443 e. The Morgan fingerprint density at radius 2 is 2.08 bits per heavy atom. The molecule has 1 amide bonds. The average Bonchev–Trinajstić information content (AvgIpc) is 2.04. The quantitative estimate of drug-likeness (QED) is 0.683. The fraction of sp³-hybridized carbons (Fsp3) is 0.700. The van der Waals surface area contributed by atoms with Gasteiger partial charge in [0.05, 0.1) is 0 Å². The van der Waals surface area contributed by atoms with E-state index in [0.29, 0.717) is 0 Å². The largest absolute Gasteiger partial charge is 0.443 e. The maximum atomic E-state index is 10.7. The van der Waals surface area contributed by atoms with Crippen molar-refractivity contribution in [1.82, 2.24) is 0 Å². The summed E-state index contributed by atoms with van der Waals surface area (Å²) >= 11 is 0. The molecule has 0 atom stereocenters. The Kier molecular flexibility index (Phi) is 3.34. The first kappa shape index (κ1) is 10.1. The van der Waals surface area contributed by atoms with E-state index in [2.05, 4.69) is 6.58 Å². The Morgan fingerprint density at radius 3 is 2.54 bits per heavy atom. The standard InChI is InChI=1S/C10H17NO2/c1-2-6-10(13-9(11)12)7-4-3-5-8-10/h2H,1,3-8H2,(H2,11,12). The van der Waals surface area contributed by atoms with Crippen molar-refractivity contribution in [2.75, 3.05) is 0 Å². The van der Waals surface area contributed by atoms with Gasteiger partial charge in [-0.25, -0.2) is 4.79 Å². The third-order valence-electron chi connectivity index (χ3n) is 2.60. The molecule has 0 aromatic rings. The van der Waals surface area contributed by atoms with Gasteiger partial charge in [-0.3, -0.25) is 0 Å². The van der Waals surface area contributed by atoms with Gasteiger partial charge in [0.1, 0.15) is 5.60 Å². The van der Waals surface area contributed by atoms with Crippen LogP contribution in [-0.2, 0) is 4.74 Å². The molecule has 1 aliphatic rings. The zero-order chi connectivity index (χ0) is 9.73. The van der Waals surface area contributed by atoms with Crippen molar-refractivity contribution in [3.63, 3.8) is 0 Å². The molecule has 0 aromatic carbocycles. The van der Waals surface area contributed by atoms with Crippen LogP contribution in [0, 0.1) is 0 Å². The molecule has 3 nitrogen and oxygen atoms in total. The lowest BCUT2D eigenvalue weighted by molar-refractivity contribution is -0.00959. The van der Waals surface area contributed by atoms with Gasteiger partial charge in [-0.1, -0.05) is 12.5 Å². The lowest BCUT2D eigenvalue weighted by Gasteiger charge is -2.35. The summed E-state index contributed by atoms with van der Waals surface area (Å²) in [5, 5.41) is 0. The molecule has 1 rings (SSSR count). The zero-order valence-electron chi connectivity index (χ0n) is 7.92. The van der Waals surface area contributed by atoms with Gasteiger partial charge in [0.15, 0.2) is 0 Å². The van der Waals surface area contributed by atoms with Crippen LogP contribution in [0.15, 0.2) is 12.7 Å². The van der Waals surface area contributed by atoms with Gasteiger partial charge in [0.25, 0.3) is 0 Å². The van der Waals surface area contributed by atoms with Crippen LogP contribution in [0.3, 0.4) is 0 Å². The average molecular weight is 183 g/mol. The molecule has 1 saturated carbocycles. The molecule has 0 saturated heterocycles. The number of ether oxygens (including phenoxy) is 1. The molecule has 3 heteroatoms. The summed E-state index contributed by atoms with van der Waals surface area (Å²) in [6.45, 7) is 3.67. The van der Waals surface area contributed by atoms with Crippen LogP contribution >= 0.6 is 0 Å². The minimum absolute atomic E-state index is 0.341. The summed E-state index contributed by atoms with van der Waals surface area (Å²) in [4.78, 5) is 10.7. The van der Waals surface area contributed by atoms with Crippen molar-refractivity contribution >= 4 is 6.09 Å². The molecular weight excluding hydrogens is 166 g/mol. The van der Waals surface area contributed by atoms with Gasteiger partial charge in [-0.05, 0) is 25.7 Å². The van der Waals surface area contributed by atoms with E-state index >= 15 is 0 Å². The maximum Gasteiger partial charge on any atom is 0.405 e. The summed E-state index contributed by atoms with van der Waals surface area (Å²) in [6.07, 6.45) is 7.14. The highest BCUT2D eigenvalue weighted by Gasteiger charge is 2.33. The highest BCUT2D eigenvalue weighted by molar-refractivity contribution is 5.65. The van der Waals surface area contributed by atoms with Gasteiger partial charge < -0.3 is 10.5 Å². The van der Waals surface area contributed by atoms with Gasteiger partial charge in [-0.2, -0.15) is 0 Å². The number of rotatable bonds is 3. The first-order chi connectivity index (χ1) is 6.18. The van der Waals surface area contributed by atoms with Gasteiger partial charge in [0, 0.05) is 6.42 Å². The predicted molar refractivity (Wildman–Crippen MR) is 51.3 cm³/mol. The van der Waals surface area contributed by atoms with Crippen molar-refractivity contribution in [3.8, 4) is 0 Å². The number of hydrogen-bond acceptors (Lipinski definition) is 2. The maximum absolute atomic E-state index is 10.7. The van der Waals surface area contributed by atoms with E-state index in [-0.39, 0.29) is 5.60 Å². The Hall–Kier alpha value is -0.990. The number of carbonyl (C=O) groups is 1. The van der Waals surface area contributed by atoms with Crippen LogP contribution in [0.5, 0.6) is 0 Å². The number of amides is 1. The molecule has 74 valence electrons.